The van der Waals surface area contributed by atoms with Crippen LogP contribution in [0.2, 0.25) is 0 Å². The number of rotatable bonds is 3. The average molecular weight is 220 g/mol. The molecule has 2 nitrogen and oxygen atoms in total. The van der Waals surface area contributed by atoms with Gasteiger partial charge < -0.3 is 10.6 Å². The van der Waals surface area contributed by atoms with Crippen LogP contribution < -0.4 is 5.73 Å². The highest BCUT2D eigenvalue weighted by molar-refractivity contribution is 5.48. The van der Waals surface area contributed by atoms with Gasteiger partial charge in [0.1, 0.15) is 0 Å². The Morgan fingerprint density at radius 3 is 2.44 bits per heavy atom. The largest absolute Gasteiger partial charge is 0.398 e. The van der Waals surface area contributed by atoms with E-state index in [1.165, 1.54) is 11.1 Å². The van der Waals surface area contributed by atoms with Crippen LogP contribution in [0.4, 0.5) is 5.69 Å². The molecule has 1 rings (SSSR count). The van der Waals surface area contributed by atoms with Gasteiger partial charge in [-0.2, -0.15) is 0 Å². The molecule has 0 aliphatic carbocycles. The van der Waals surface area contributed by atoms with E-state index in [0.717, 1.165) is 18.8 Å². The van der Waals surface area contributed by atoms with Crippen molar-refractivity contribution in [2.75, 3.05) is 19.3 Å². The smallest absolute Gasteiger partial charge is 0.0359 e. The number of aryl methyl sites for hydroxylation is 1. The average Bonchev–Trinajstić information content (AvgIpc) is 2.08. The lowest BCUT2D eigenvalue weighted by Crippen LogP contribution is -2.29. The molecule has 0 saturated heterocycles. The first kappa shape index (κ1) is 13.0. The van der Waals surface area contributed by atoms with Gasteiger partial charge >= 0.3 is 0 Å². The van der Waals surface area contributed by atoms with E-state index < -0.39 is 0 Å². The Morgan fingerprint density at radius 2 is 1.88 bits per heavy atom. The summed E-state index contributed by atoms with van der Waals surface area (Å²) in [5, 5.41) is 0. The molecule has 0 aliphatic heterocycles. The Bertz CT molecular complexity index is 350. The molecule has 2 N–H and O–H groups in total. The van der Waals surface area contributed by atoms with Crippen LogP contribution in [0, 0.1) is 12.3 Å². The fraction of sp³-hybridized carbons (Fsp3) is 0.571. The van der Waals surface area contributed by atoms with Gasteiger partial charge in [-0.05, 0) is 31.0 Å². The Labute approximate surface area is 99.5 Å². The summed E-state index contributed by atoms with van der Waals surface area (Å²) < 4.78 is 0. The Hall–Kier alpha value is -1.02. The third-order valence-electron chi connectivity index (χ3n) is 2.48. The van der Waals surface area contributed by atoms with Gasteiger partial charge in [0.05, 0.1) is 0 Å². The van der Waals surface area contributed by atoms with E-state index in [-0.39, 0.29) is 0 Å². The number of benzene rings is 1. The molecule has 0 amide bonds. The van der Waals surface area contributed by atoms with E-state index in [1.54, 1.807) is 0 Å². The van der Waals surface area contributed by atoms with Crippen molar-refractivity contribution in [3.05, 3.63) is 29.3 Å². The quantitative estimate of drug-likeness (QED) is 0.793. The molecule has 0 aliphatic rings. The van der Waals surface area contributed by atoms with Crippen molar-refractivity contribution in [2.24, 2.45) is 5.41 Å². The van der Waals surface area contributed by atoms with Crippen LogP contribution in [0.25, 0.3) is 0 Å². The molecule has 0 aromatic heterocycles. The van der Waals surface area contributed by atoms with Crippen molar-refractivity contribution in [2.45, 2.75) is 34.2 Å². The first-order chi connectivity index (χ1) is 7.28. The van der Waals surface area contributed by atoms with Gasteiger partial charge in [0, 0.05) is 18.8 Å². The van der Waals surface area contributed by atoms with E-state index in [4.69, 9.17) is 5.73 Å². The standard InChI is InChI=1S/C14H24N2/c1-11-6-7-13(15)12(8-11)9-16(5)10-14(2,3)4/h6-8H,9-10,15H2,1-5H3. The van der Waals surface area contributed by atoms with Gasteiger partial charge in [0.2, 0.25) is 0 Å². The molecule has 16 heavy (non-hydrogen) atoms. The zero-order valence-corrected chi connectivity index (χ0v) is 11.2. The lowest BCUT2D eigenvalue weighted by Gasteiger charge is -2.27. The zero-order valence-electron chi connectivity index (χ0n) is 11.2. The Kier molecular flexibility index (Phi) is 3.98. The lowest BCUT2D eigenvalue weighted by atomic mass is 9.96. The molecule has 0 radical (unpaired) electrons. The number of nitrogen functional groups attached to an aromatic ring is 1. The second-order valence-electron chi connectivity index (χ2n) is 5.94. The molecule has 0 unspecified atom stereocenters. The van der Waals surface area contributed by atoms with Gasteiger partial charge in [-0.25, -0.2) is 0 Å². The van der Waals surface area contributed by atoms with Crippen molar-refractivity contribution in [3.63, 3.8) is 0 Å². The fourth-order valence-corrected chi connectivity index (χ4v) is 2.03. The minimum absolute atomic E-state index is 0.327. The van der Waals surface area contributed by atoms with Crippen LogP contribution in [0.5, 0.6) is 0 Å². The summed E-state index contributed by atoms with van der Waals surface area (Å²) in [6.45, 7) is 10.9. The van der Waals surface area contributed by atoms with Crippen molar-refractivity contribution < 1.29 is 0 Å². The maximum atomic E-state index is 5.97. The first-order valence-corrected chi connectivity index (χ1v) is 5.81. The summed E-state index contributed by atoms with van der Waals surface area (Å²) >= 11 is 0. The minimum Gasteiger partial charge on any atom is -0.398 e. The molecular weight excluding hydrogens is 196 g/mol. The minimum atomic E-state index is 0.327. The van der Waals surface area contributed by atoms with E-state index in [0.29, 0.717) is 5.41 Å². The highest BCUT2D eigenvalue weighted by Crippen LogP contribution is 2.19. The summed E-state index contributed by atoms with van der Waals surface area (Å²) in [6, 6.07) is 6.23. The van der Waals surface area contributed by atoms with Crippen molar-refractivity contribution in [1.29, 1.82) is 0 Å². The zero-order chi connectivity index (χ0) is 12.3. The van der Waals surface area contributed by atoms with Crippen LogP contribution in [-0.4, -0.2) is 18.5 Å². The SMILES string of the molecule is Cc1ccc(N)c(CN(C)CC(C)(C)C)c1. The molecule has 0 heterocycles. The Morgan fingerprint density at radius 1 is 1.25 bits per heavy atom. The molecule has 0 atom stereocenters. The van der Waals surface area contributed by atoms with E-state index >= 15 is 0 Å². The molecular formula is C14H24N2. The summed E-state index contributed by atoms with van der Waals surface area (Å²) in [5.74, 6) is 0. The summed E-state index contributed by atoms with van der Waals surface area (Å²) in [7, 11) is 2.15. The van der Waals surface area contributed by atoms with Crippen LogP contribution in [0.3, 0.4) is 0 Å². The maximum Gasteiger partial charge on any atom is 0.0359 e. The Balaban J connectivity index is 2.69. The first-order valence-electron chi connectivity index (χ1n) is 5.81. The van der Waals surface area contributed by atoms with Gasteiger partial charge in [0.25, 0.3) is 0 Å². The van der Waals surface area contributed by atoms with Crippen molar-refractivity contribution in [1.82, 2.24) is 4.90 Å². The highest BCUT2D eigenvalue weighted by Gasteiger charge is 2.14. The van der Waals surface area contributed by atoms with Crippen LogP contribution >= 0.6 is 0 Å². The lowest BCUT2D eigenvalue weighted by molar-refractivity contribution is 0.221. The molecule has 0 saturated carbocycles. The number of nitrogens with zero attached hydrogens (tertiary/aromatic N) is 1. The van der Waals surface area contributed by atoms with E-state index in [9.17, 15) is 0 Å². The normalized spacial score (nSPS) is 12.1. The molecule has 1 aromatic carbocycles. The fourth-order valence-electron chi connectivity index (χ4n) is 2.03. The predicted molar refractivity (Wildman–Crippen MR) is 71.4 cm³/mol. The predicted octanol–water partition coefficient (Wildman–Crippen LogP) is 3.06. The summed E-state index contributed by atoms with van der Waals surface area (Å²) in [4.78, 5) is 2.32. The maximum absolute atomic E-state index is 5.97. The molecule has 2 heteroatoms. The topological polar surface area (TPSA) is 29.3 Å². The van der Waals surface area contributed by atoms with Gasteiger partial charge in [-0.3, -0.25) is 0 Å². The summed E-state index contributed by atoms with van der Waals surface area (Å²) in [6.07, 6.45) is 0. The van der Waals surface area contributed by atoms with Gasteiger partial charge in [0.15, 0.2) is 0 Å². The second kappa shape index (κ2) is 4.88. The van der Waals surface area contributed by atoms with Crippen molar-refractivity contribution >= 4 is 5.69 Å². The highest BCUT2D eigenvalue weighted by atomic mass is 15.1. The van der Waals surface area contributed by atoms with Gasteiger partial charge in [-0.1, -0.05) is 38.5 Å². The van der Waals surface area contributed by atoms with Crippen LogP contribution in [0.1, 0.15) is 31.9 Å². The van der Waals surface area contributed by atoms with Crippen LogP contribution in [0.15, 0.2) is 18.2 Å². The number of anilines is 1. The molecule has 90 valence electrons. The molecule has 0 fully saturated rings. The second-order valence-corrected chi connectivity index (χ2v) is 5.94. The number of hydrogen-bond donors (Lipinski definition) is 1. The monoisotopic (exact) mass is 220 g/mol. The molecule has 0 spiro atoms. The molecule has 0 bridgehead atoms. The van der Waals surface area contributed by atoms with Crippen molar-refractivity contribution in [3.8, 4) is 0 Å². The third-order valence-corrected chi connectivity index (χ3v) is 2.48. The third kappa shape index (κ3) is 4.23. The summed E-state index contributed by atoms with van der Waals surface area (Å²) in [5.41, 5.74) is 9.70. The molecule has 1 aromatic rings. The van der Waals surface area contributed by atoms with Crippen LogP contribution in [-0.2, 0) is 6.54 Å². The number of nitrogens with two attached hydrogens (primary N) is 1. The van der Waals surface area contributed by atoms with E-state index in [1.807, 2.05) is 6.07 Å². The van der Waals surface area contributed by atoms with Gasteiger partial charge in [-0.15, -0.1) is 0 Å². The van der Waals surface area contributed by atoms with E-state index in [2.05, 4.69) is 51.8 Å². The number of hydrogen-bond acceptors (Lipinski definition) is 2.